The largest absolute Gasteiger partial charge is 0.392 e. The van der Waals surface area contributed by atoms with Crippen LogP contribution in [-0.4, -0.2) is 35.5 Å². The number of sulfonamides is 1. The summed E-state index contributed by atoms with van der Waals surface area (Å²) in [5, 5.41) is 13.1. The van der Waals surface area contributed by atoms with Crippen molar-refractivity contribution in [3.8, 4) is 11.3 Å². The monoisotopic (exact) mass is 409 g/mol. The molecular formula is C20H19N5O3S. The minimum Gasteiger partial charge on any atom is -0.392 e. The fourth-order valence-electron chi connectivity index (χ4n) is 2.98. The average molecular weight is 409 g/mol. The van der Waals surface area contributed by atoms with Crippen LogP contribution in [-0.2, 0) is 16.6 Å². The lowest BCUT2D eigenvalue weighted by atomic mass is 10.1. The summed E-state index contributed by atoms with van der Waals surface area (Å²) < 4.78 is 26.4. The molecule has 0 unspecified atom stereocenters. The first-order chi connectivity index (χ1) is 14.0. The molecule has 4 N–H and O–H groups in total. The van der Waals surface area contributed by atoms with Crippen LogP contribution in [0.25, 0.3) is 22.3 Å². The van der Waals surface area contributed by atoms with Gasteiger partial charge in [0, 0.05) is 11.4 Å². The molecule has 8 nitrogen and oxygen atoms in total. The average Bonchev–Trinajstić information content (AvgIpc) is 3.19. The van der Waals surface area contributed by atoms with Crippen molar-refractivity contribution in [1.29, 1.82) is 0 Å². The van der Waals surface area contributed by atoms with Gasteiger partial charge < -0.3 is 15.4 Å². The molecule has 0 saturated heterocycles. The zero-order valence-corrected chi connectivity index (χ0v) is 16.4. The summed E-state index contributed by atoms with van der Waals surface area (Å²) in [5.74, 6) is 0.559. The van der Waals surface area contributed by atoms with Gasteiger partial charge in [-0.05, 0) is 42.4 Å². The molecule has 4 aromatic rings. The third kappa shape index (κ3) is 3.83. The van der Waals surface area contributed by atoms with Crippen LogP contribution in [0.1, 0.15) is 5.56 Å². The maximum Gasteiger partial charge on any atom is 0.240 e. The number of benzene rings is 2. The van der Waals surface area contributed by atoms with Crippen molar-refractivity contribution in [2.75, 3.05) is 12.4 Å². The second kappa shape index (κ2) is 7.63. The number of aromatic nitrogens is 3. The lowest BCUT2D eigenvalue weighted by Crippen LogP contribution is -2.18. The number of hydrogen-bond acceptors (Lipinski definition) is 6. The van der Waals surface area contributed by atoms with E-state index >= 15 is 0 Å². The zero-order chi connectivity index (χ0) is 20.4. The van der Waals surface area contributed by atoms with E-state index in [9.17, 15) is 13.5 Å². The maximum atomic E-state index is 12.0. The Morgan fingerprint density at radius 2 is 1.86 bits per heavy atom. The number of H-pyrrole nitrogens is 1. The Labute approximate surface area is 167 Å². The fourth-order valence-corrected chi connectivity index (χ4v) is 3.76. The summed E-state index contributed by atoms with van der Waals surface area (Å²) in [5.41, 5.74) is 3.90. The summed E-state index contributed by atoms with van der Waals surface area (Å²) >= 11 is 0. The van der Waals surface area contributed by atoms with Crippen LogP contribution in [0.2, 0.25) is 0 Å². The van der Waals surface area contributed by atoms with Crippen LogP contribution in [0.5, 0.6) is 0 Å². The highest BCUT2D eigenvalue weighted by Gasteiger charge is 2.13. The molecule has 0 fully saturated rings. The second-order valence-electron chi connectivity index (χ2n) is 6.38. The van der Waals surface area contributed by atoms with E-state index in [-0.39, 0.29) is 11.5 Å². The highest BCUT2D eigenvalue weighted by Crippen LogP contribution is 2.29. The lowest BCUT2D eigenvalue weighted by molar-refractivity contribution is 0.282. The van der Waals surface area contributed by atoms with Gasteiger partial charge in [0.1, 0.15) is 17.8 Å². The van der Waals surface area contributed by atoms with Crippen LogP contribution < -0.4 is 10.0 Å². The summed E-state index contributed by atoms with van der Waals surface area (Å²) in [4.78, 5) is 12.0. The van der Waals surface area contributed by atoms with E-state index in [0.717, 1.165) is 22.2 Å². The van der Waals surface area contributed by atoms with Crippen molar-refractivity contribution in [2.45, 2.75) is 11.5 Å². The predicted octanol–water partition coefficient (Wildman–Crippen LogP) is 2.77. The first-order valence-corrected chi connectivity index (χ1v) is 10.3. The standard InChI is InChI=1S/C20H19N5O3S/c1-21-29(27,28)16-4-2-3-15(9-16)24-19-17-10-18(25-20(17)23-12-22-19)14-7-5-13(11-26)6-8-14/h2-10,12,21,26H,11H2,1H3,(H2,22,23,24,25). The second-order valence-corrected chi connectivity index (χ2v) is 8.27. The Morgan fingerprint density at radius 1 is 1.07 bits per heavy atom. The molecular weight excluding hydrogens is 390 g/mol. The molecule has 29 heavy (non-hydrogen) atoms. The Balaban J connectivity index is 1.70. The van der Waals surface area contributed by atoms with Gasteiger partial charge in [-0.25, -0.2) is 23.1 Å². The first-order valence-electron chi connectivity index (χ1n) is 8.85. The van der Waals surface area contributed by atoms with E-state index in [1.54, 1.807) is 18.2 Å². The molecule has 0 aliphatic heterocycles. The van der Waals surface area contributed by atoms with Crippen molar-refractivity contribution in [2.24, 2.45) is 0 Å². The summed E-state index contributed by atoms with van der Waals surface area (Å²) in [6.07, 6.45) is 1.44. The topological polar surface area (TPSA) is 120 Å². The molecule has 2 heterocycles. The summed E-state index contributed by atoms with van der Waals surface area (Å²) in [6.45, 7) is -0.00510. The third-order valence-corrected chi connectivity index (χ3v) is 5.96. The van der Waals surface area contributed by atoms with Gasteiger partial charge in [-0.2, -0.15) is 0 Å². The molecule has 0 aliphatic carbocycles. The van der Waals surface area contributed by atoms with Crippen molar-refractivity contribution >= 4 is 32.6 Å². The van der Waals surface area contributed by atoms with Gasteiger partial charge >= 0.3 is 0 Å². The SMILES string of the molecule is CNS(=O)(=O)c1cccc(Nc2ncnc3[nH]c(-c4ccc(CO)cc4)cc23)c1. The van der Waals surface area contributed by atoms with E-state index in [1.807, 2.05) is 30.3 Å². The van der Waals surface area contributed by atoms with E-state index in [4.69, 9.17) is 0 Å². The molecule has 2 aromatic heterocycles. The van der Waals surface area contributed by atoms with E-state index in [2.05, 4.69) is 25.0 Å². The summed E-state index contributed by atoms with van der Waals surface area (Å²) in [7, 11) is -2.17. The molecule has 0 saturated carbocycles. The highest BCUT2D eigenvalue weighted by molar-refractivity contribution is 7.89. The molecule has 4 rings (SSSR count). The van der Waals surface area contributed by atoms with Crippen LogP contribution in [0.4, 0.5) is 11.5 Å². The molecule has 2 aromatic carbocycles. The minimum absolute atomic E-state index is 0.00510. The van der Waals surface area contributed by atoms with Crippen molar-refractivity contribution in [1.82, 2.24) is 19.7 Å². The predicted molar refractivity (Wildman–Crippen MR) is 111 cm³/mol. The molecule has 0 atom stereocenters. The zero-order valence-electron chi connectivity index (χ0n) is 15.5. The number of rotatable bonds is 6. The molecule has 0 spiro atoms. The van der Waals surface area contributed by atoms with Gasteiger partial charge in [0.05, 0.1) is 16.9 Å². The van der Waals surface area contributed by atoms with Gasteiger partial charge in [0.25, 0.3) is 0 Å². The van der Waals surface area contributed by atoms with Gasteiger partial charge in [-0.1, -0.05) is 30.3 Å². The van der Waals surface area contributed by atoms with Crippen LogP contribution in [0.15, 0.2) is 65.8 Å². The number of nitrogens with one attached hydrogen (secondary N) is 3. The first kappa shape index (κ1) is 19.1. The highest BCUT2D eigenvalue weighted by atomic mass is 32.2. The van der Waals surface area contributed by atoms with E-state index < -0.39 is 10.0 Å². The Morgan fingerprint density at radius 3 is 2.59 bits per heavy atom. The van der Waals surface area contributed by atoms with Crippen molar-refractivity contribution in [3.63, 3.8) is 0 Å². The number of hydrogen-bond donors (Lipinski definition) is 4. The maximum absolute atomic E-state index is 12.0. The Hall–Kier alpha value is -3.27. The number of aromatic amines is 1. The molecule has 0 bridgehead atoms. The number of fused-ring (bicyclic) bond motifs is 1. The van der Waals surface area contributed by atoms with Gasteiger partial charge in [0.15, 0.2) is 0 Å². The fraction of sp³-hybridized carbons (Fsp3) is 0.100. The van der Waals surface area contributed by atoms with Crippen LogP contribution >= 0.6 is 0 Å². The Bertz CT molecular complexity index is 1270. The quantitative estimate of drug-likeness (QED) is 0.389. The Kier molecular flexibility index (Phi) is 5.01. The lowest BCUT2D eigenvalue weighted by Gasteiger charge is -2.08. The molecule has 9 heteroatoms. The molecule has 0 amide bonds. The molecule has 0 radical (unpaired) electrons. The van der Waals surface area contributed by atoms with Crippen molar-refractivity contribution < 1.29 is 13.5 Å². The minimum atomic E-state index is -3.54. The third-order valence-electron chi connectivity index (χ3n) is 4.55. The van der Waals surface area contributed by atoms with E-state index in [1.165, 1.54) is 19.4 Å². The molecule has 148 valence electrons. The smallest absolute Gasteiger partial charge is 0.240 e. The number of aliphatic hydroxyl groups excluding tert-OH is 1. The normalized spacial score (nSPS) is 11.7. The summed E-state index contributed by atoms with van der Waals surface area (Å²) in [6, 6.07) is 16.0. The van der Waals surface area contributed by atoms with Gasteiger partial charge in [-0.3, -0.25) is 0 Å². The number of anilines is 2. The van der Waals surface area contributed by atoms with Crippen LogP contribution in [0.3, 0.4) is 0 Å². The number of aliphatic hydroxyl groups is 1. The van der Waals surface area contributed by atoms with Crippen LogP contribution in [0, 0.1) is 0 Å². The van der Waals surface area contributed by atoms with E-state index in [0.29, 0.717) is 17.2 Å². The number of nitrogens with zero attached hydrogens (tertiary/aromatic N) is 2. The molecule has 0 aliphatic rings. The van der Waals surface area contributed by atoms with Gasteiger partial charge in [-0.15, -0.1) is 0 Å². The van der Waals surface area contributed by atoms with Gasteiger partial charge in [0.2, 0.25) is 10.0 Å². The van der Waals surface area contributed by atoms with Crippen molar-refractivity contribution in [3.05, 3.63) is 66.5 Å².